The molecular formula is C16H29NO. The zero-order valence-corrected chi connectivity index (χ0v) is 12.1. The van der Waals surface area contributed by atoms with Gasteiger partial charge >= 0.3 is 0 Å². The molecule has 0 aromatic carbocycles. The van der Waals surface area contributed by atoms with Gasteiger partial charge in [-0.3, -0.25) is 4.90 Å². The van der Waals surface area contributed by atoms with Crippen LogP contribution in [0, 0.1) is 17.3 Å². The van der Waals surface area contributed by atoms with Gasteiger partial charge in [-0.15, -0.1) is 0 Å². The number of aliphatic hydroxyl groups is 1. The van der Waals surface area contributed by atoms with Crippen LogP contribution in [0.25, 0.3) is 0 Å². The summed E-state index contributed by atoms with van der Waals surface area (Å²) in [7, 11) is 0. The Hall–Kier alpha value is -0.0800. The number of rotatable bonds is 5. The van der Waals surface area contributed by atoms with Gasteiger partial charge in [0, 0.05) is 19.1 Å². The summed E-state index contributed by atoms with van der Waals surface area (Å²) in [6.07, 6.45) is 9.00. The Kier molecular flexibility index (Phi) is 3.44. The predicted octanol–water partition coefficient (Wildman–Crippen LogP) is 3.05. The van der Waals surface area contributed by atoms with E-state index in [9.17, 15) is 5.11 Å². The molecule has 3 fully saturated rings. The Bertz CT molecular complexity index is 279. The van der Waals surface area contributed by atoms with Crippen LogP contribution in [0.1, 0.15) is 58.8 Å². The SMILES string of the molecule is CC1(C)CCC(O)C(N(CC2CC2)CC2CC2)C1. The summed E-state index contributed by atoms with van der Waals surface area (Å²) < 4.78 is 0. The van der Waals surface area contributed by atoms with E-state index in [2.05, 4.69) is 18.7 Å². The molecule has 2 atom stereocenters. The molecule has 2 nitrogen and oxygen atoms in total. The van der Waals surface area contributed by atoms with Gasteiger partial charge in [0.2, 0.25) is 0 Å². The van der Waals surface area contributed by atoms with Crippen molar-refractivity contribution >= 4 is 0 Å². The molecule has 0 spiro atoms. The number of hydrogen-bond donors (Lipinski definition) is 1. The van der Waals surface area contributed by atoms with Crippen LogP contribution < -0.4 is 0 Å². The van der Waals surface area contributed by atoms with E-state index in [1.54, 1.807) is 0 Å². The molecule has 0 heterocycles. The van der Waals surface area contributed by atoms with E-state index in [1.165, 1.54) is 51.6 Å². The quantitative estimate of drug-likeness (QED) is 0.812. The highest BCUT2D eigenvalue weighted by Crippen LogP contribution is 2.41. The minimum atomic E-state index is -0.0736. The molecule has 0 amide bonds. The first-order valence-corrected chi connectivity index (χ1v) is 7.96. The predicted molar refractivity (Wildman–Crippen MR) is 74.4 cm³/mol. The van der Waals surface area contributed by atoms with E-state index in [-0.39, 0.29) is 6.10 Å². The molecule has 2 heteroatoms. The van der Waals surface area contributed by atoms with E-state index >= 15 is 0 Å². The van der Waals surface area contributed by atoms with Gasteiger partial charge in [-0.05, 0) is 62.2 Å². The first-order chi connectivity index (χ1) is 8.53. The van der Waals surface area contributed by atoms with Crippen LogP contribution in [0.4, 0.5) is 0 Å². The lowest BCUT2D eigenvalue weighted by atomic mass is 9.73. The van der Waals surface area contributed by atoms with Crippen LogP contribution in [0.15, 0.2) is 0 Å². The van der Waals surface area contributed by atoms with Crippen LogP contribution in [0.3, 0.4) is 0 Å². The number of aliphatic hydroxyl groups excluding tert-OH is 1. The van der Waals surface area contributed by atoms with E-state index in [4.69, 9.17) is 0 Å². The molecule has 0 bridgehead atoms. The van der Waals surface area contributed by atoms with Gasteiger partial charge in [0.1, 0.15) is 0 Å². The molecule has 0 radical (unpaired) electrons. The fourth-order valence-corrected chi connectivity index (χ4v) is 3.52. The maximum absolute atomic E-state index is 10.4. The highest BCUT2D eigenvalue weighted by molar-refractivity contribution is 4.94. The Labute approximate surface area is 112 Å². The van der Waals surface area contributed by atoms with Gasteiger partial charge in [-0.1, -0.05) is 13.8 Å². The normalized spacial score (nSPS) is 36.0. The maximum Gasteiger partial charge on any atom is 0.0695 e. The van der Waals surface area contributed by atoms with Crippen LogP contribution in [-0.2, 0) is 0 Å². The fraction of sp³-hybridized carbons (Fsp3) is 1.00. The maximum atomic E-state index is 10.4. The Morgan fingerprint density at radius 2 is 1.56 bits per heavy atom. The van der Waals surface area contributed by atoms with E-state index < -0.39 is 0 Å². The lowest BCUT2D eigenvalue weighted by molar-refractivity contribution is -0.0207. The monoisotopic (exact) mass is 251 g/mol. The van der Waals surface area contributed by atoms with Gasteiger partial charge in [0.15, 0.2) is 0 Å². The van der Waals surface area contributed by atoms with Gasteiger partial charge in [0.25, 0.3) is 0 Å². The molecule has 18 heavy (non-hydrogen) atoms. The van der Waals surface area contributed by atoms with Crippen molar-refractivity contribution < 1.29 is 5.11 Å². The lowest BCUT2D eigenvalue weighted by Gasteiger charge is -2.44. The fourth-order valence-electron chi connectivity index (χ4n) is 3.52. The number of nitrogens with zero attached hydrogens (tertiary/aromatic N) is 1. The first-order valence-electron chi connectivity index (χ1n) is 7.96. The molecule has 3 rings (SSSR count). The molecule has 104 valence electrons. The van der Waals surface area contributed by atoms with Crippen molar-refractivity contribution in [3.05, 3.63) is 0 Å². The Morgan fingerprint density at radius 3 is 2.06 bits per heavy atom. The van der Waals surface area contributed by atoms with Crippen LogP contribution >= 0.6 is 0 Å². The minimum Gasteiger partial charge on any atom is -0.391 e. The second-order valence-electron chi connectivity index (χ2n) is 7.88. The highest BCUT2D eigenvalue weighted by Gasteiger charge is 2.40. The number of hydrogen-bond acceptors (Lipinski definition) is 2. The summed E-state index contributed by atoms with van der Waals surface area (Å²) in [5, 5.41) is 10.4. The minimum absolute atomic E-state index is 0.0736. The molecule has 0 aromatic rings. The third-order valence-corrected chi connectivity index (χ3v) is 5.17. The summed E-state index contributed by atoms with van der Waals surface area (Å²) in [4.78, 5) is 2.67. The summed E-state index contributed by atoms with van der Waals surface area (Å²) in [6, 6.07) is 0.440. The van der Waals surface area contributed by atoms with Crippen molar-refractivity contribution in [3.63, 3.8) is 0 Å². The van der Waals surface area contributed by atoms with Crippen molar-refractivity contribution in [2.24, 2.45) is 17.3 Å². The van der Waals surface area contributed by atoms with Crippen molar-refractivity contribution in [3.8, 4) is 0 Å². The summed E-state index contributed by atoms with van der Waals surface area (Å²) >= 11 is 0. The molecule has 3 aliphatic rings. The van der Waals surface area contributed by atoms with Crippen molar-refractivity contribution in [1.82, 2.24) is 4.90 Å². The van der Waals surface area contributed by atoms with Crippen LogP contribution in [0.2, 0.25) is 0 Å². The third-order valence-electron chi connectivity index (χ3n) is 5.17. The molecule has 0 saturated heterocycles. The summed E-state index contributed by atoms with van der Waals surface area (Å²) in [5.41, 5.74) is 0.426. The van der Waals surface area contributed by atoms with Gasteiger partial charge in [-0.25, -0.2) is 0 Å². The Morgan fingerprint density at radius 1 is 1.00 bits per heavy atom. The summed E-state index contributed by atoms with van der Waals surface area (Å²) in [6.45, 7) is 7.26. The van der Waals surface area contributed by atoms with Crippen LogP contribution in [-0.4, -0.2) is 35.2 Å². The zero-order valence-electron chi connectivity index (χ0n) is 12.1. The van der Waals surface area contributed by atoms with Crippen molar-refractivity contribution in [1.29, 1.82) is 0 Å². The van der Waals surface area contributed by atoms with Gasteiger partial charge in [-0.2, -0.15) is 0 Å². The lowest BCUT2D eigenvalue weighted by Crippen LogP contribution is -2.50. The highest BCUT2D eigenvalue weighted by atomic mass is 16.3. The molecule has 3 aliphatic carbocycles. The molecule has 0 aromatic heterocycles. The van der Waals surface area contributed by atoms with E-state index in [0.29, 0.717) is 11.5 Å². The van der Waals surface area contributed by atoms with Crippen molar-refractivity contribution in [2.45, 2.75) is 70.9 Å². The van der Waals surface area contributed by atoms with E-state index in [0.717, 1.165) is 18.3 Å². The molecule has 1 N–H and O–H groups in total. The smallest absolute Gasteiger partial charge is 0.0695 e. The molecule has 2 unspecified atom stereocenters. The van der Waals surface area contributed by atoms with Gasteiger partial charge < -0.3 is 5.11 Å². The topological polar surface area (TPSA) is 23.5 Å². The third kappa shape index (κ3) is 3.27. The van der Waals surface area contributed by atoms with E-state index in [1.807, 2.05) is 0 Å². The standard InChI is InChI=1S/C16H29NO/c1-16(2)8-7-15(18)14(9-16)17(10-12-3-4-12)11-13-5-6-13/h12-15,18H,3-11H2,1-2H3. The molecule has 3 saturated carbocycles. The second kappa shape index (κ2) is 4.79. The average Bonchev–Trinajstić information content (AvgIpc) is 3.15. The Balaban J connectivity index is 1.65. The zero-order chi connectivity index (χ0) is 12.8. The second-order valence-corrected chi connectivity index (χ2v) is 7.88. The summed E-state index contributed by atoms with van der Waals surface area (Å²) in [5.74, 6) is 1.89. The first kappa shape index (κ1) is 12.9. The van der Waals surface area contributed by atoms with Crippen LogP contribution in [0.5, 0.6) is 0 Å². The largest absolute Gasteiger partial charge is 0.391 e. The average molecular weight is 251 g/mol. The molecule has 0 aliphatic heterocycles. The van der Waals surface area contributed by atoms with Crippen molar-refractivity contribution in [2.75, 3.05) is 13.1 Å². The molecular weight excluding hydrogens is 222 g/mol. The van der Waals surface area contributed by atoms with Gasteiger partial charge in [0.05, 0.1) is 6.10 Å².